The number of nitrogens with zero attached hydrogens (tertiary/aromatic N) is 3. The van der Waals surface area contributed by atoms with Gasteiger partial charge in [-0.2, -0.15) is 0 Å². The lowest BCUT2D eigenvalue weighted by atomic mass is 9.97. The van der Waals surface area contributed by atoms with Crippen LogP contribution in [0.4, 0.5) is 0 Å². The van der Waals surface area contributed by atoms with E-state index in [-0.39, 0.29) is 50.8 Å². The van der Waals surface area contributed by atoms with Gasteiger partial charge in [0.05, 0.1) is 17.2 Å². The molecule has 0 saturated heterocycles. The Bertz CT molecular complexity index is 3200. The Morgan fingerprint density at radius 3 is 1.38 bits per heavy atom. The van der Waals surface area contributed by atoms with Gasteiger partial charge in [0.1, 0.15) is 5.58 Å². The van der Waals surface area contributed by atoms with Crippen LogP contribution in [0.15, 0.2) is 205 Å². The van der Waals surface area contributed by atoms with Crippen molar-refractivity contribution in [3.63, 3.8) is 0 Å². The topological polar surface area (TPSA) is 51.8 Å². The van der Waals surface area contributed by atoms with Crippen molar-refractivity contribution in [3.8, 4) is 67.5 Å². The fourth-order valence-electron chi connectivity index (χ4n) is 6.12. The zero-order valence-corrected chi connectivity index (χ0v) is 28.2. The quantitative estimate of drug-likeness (QED) is 0.175. The highest BCUT2D eigenvalue weighted by Crippen LogP contribution is 2.35. The summed E-state index contributed by atoms with van der Waals surface area (Å²) in [4.78, 5) is 14.7. The predicted molar refractivity (Wildman–Crippen MR) is 217 cm³/mol. The van der Waals surface area contributed by atoms with Crippen molar-refractivity contribution in [2.75, 3.05) is 0 Å². The molecule has 0 unspecified atom stereocenters. The minimum absolute atomic E-state index is 0.0157. The maximum absolute atomic E-state index is 9.90. The van der Waals surface area contributed by atoms with Crippen molar-refractivity contribution < 1.29 is 15.4 Å². The van der Waals surface area contributed by atoms with Crippen molar-refractivity contribution in [2.45, 2.75) is 0 Å². The Labute approximate surface area is 319 Å². The SMILES string of the molecule is [2H]c1cc2c([2H])c(-c3nc(-c4ccccc4)nc(-c4ccc(-c5ccccc5)cc4)n3)c([2H])c(-c3ccc(-c4ccccc4)cc3)c2occ2c([2H])c([2H])c([2H])c([2H])c2c1[2H]. The lowest BCUT2D eigenvalue weighted by Gasteiger charge is -2.12. The number of hydrogen-bond donors (Lipinski definition) is 0. The minimum Gasteiger partial charge on any atom is -0.463 e. The van der Waals surface area contributed by atoms with Crippen molar-refractivity contribution in [3.05, 3.63) is 200 Å². The number of hydrogen-bond acceptors (Lipinski definition) is 4. The van der Waals surface area contributed by atoms with E-state index in [0.717, 1.165) is 28.5 Å². The summed E-state index contributed by atoms with van der Waals surface area (Å²) in [6.45, 7) is 0. The fourth-order valence-corrected chi connectivity index (χ4v) is 6.12. The van der Waals surface area contributed by atoms with E-state index < -0.39 is 36.3 Å². The number of rotatable bonds is 6. The standard InChI is InChI=1S/C49H33N3O/c1-4-13-34(14-5-1)37-23-27-39(28-24-37)45-32-44(31-42-22-12-21-36-17-10-11-20-43(36)33-53-46(42)45)49-51-47(40-18-8-3-9-19-40)50-48(52-49)41-29-25-38(26-30-41)35-15-6-2-7-16-35/h1-33H/i10D,11D,12D,17D,20D,21D,31D,32D. The first-order valence-electron chi connectivity index (χ1n) is 21.0. The second kappa shape index (κ2) is 14.2. The molecule has 0 aliphatic carbocycles. The molecule has 0 aliphatic rings. The molecule has 4 nitrogen and oxygen atoms in total. The molecule has 4 heteroatoms. The number of aromatic nitrogens is 3. The van der Waals surface area contributed by atoms with Crippen LogP contribution in [0.2, 0.25) is 0 Å². The summed E-state index contributed by atoms with van der Waals surface area (Å²) in [7, 11) is 0. The molecule has 2 heterocycles. The third kappa shape index (κ3) is 6.69. The highest BCUT2D eigenvalue weighted by Gasteiger charge is 2.16. The normalized spacial score (nSPS) is 13.1. The van der Waals surface area contributed by atoms with Crippen LogP contribution in [0, 0.1) is 0 Å². The summed E-state index contributed by atoms with van der Waals surface area (Å²) < 4.78 is 78.2. The van der Waals surface area contributed by atoms with E-state index in [1.165, 1.54) is 6.07 Å². The molecule has 53 heavy (non-hydrogen) atoms. The maximum atomic E-state index is 9.90. The summed E-state index contributed by atoms with van der Waals surface area (Å²) in [6.07, 6.45) is 1.11. The Morgan fingerprint density at radius 2 is 0.792 bits per heavy atom. The van der Waals surface area contributed by atoms with Crippen LogP contribution in [-0.2, 0) is 0 Å². The van der Waals surface area contributed by atoms with E-state index >= 15 is 0 Å². The van der Waals surface area contributed by atoms with E-state index in [9.17, 15) is 2.74 Å². The van der Waals surface area contributed by atoms with Gasteiger partial charge in [-0.3, -0.25) is 0 Å². The molecule has 2 aromatic heterocycles. The molecule has 0 spiro atoms. The molecule has 0 radical (unpaired) electrons. The Hall–Kier alpha value is -7.17. The van der Waals surface area contributed by atoms with Crippen LogP contribution in [0.3, 0.4) is 0 Å². The third-order valence-corrected chi connectivity index (χ3v) is 8.83. The van der Waals surface area contributed by atoms with E-state index in [1.54, 1.807) is 0 Å². The van der Waals surface area contributed by atoms with Gasteiger partial charge in [0, 0.05) is 33.0 Å². The Kier molecular flexibility index (Phi) is 6.46. The van der Waals surface area contributed by atoms with Crippen LogP contribution in [0.1, 0.15) is 11.0 Å². The molecule has 9 aromatic rings. The van der Waals surface area contributed by atoms with Crippen LogP contribution >= 0.6 is 0 Å². The van der Waals surface area contributed by atoms with Gasteiger partial charge in [0.15, 0.2) is 17.5 Å². The van der Waals surface area contributed by atoms with Crippen LogP contribution in [0.5, 0.6) is 0 Å². The van der Waals surface area contributed by atoms with Gasteiger partial charge in [-0.05, 0) is 45.3 Å². The third-order valence-electron chi connectivity index (χ3n) is 8.83. The second-order valence-corrected chi connectivity index (χ2v) is 12.2. The first-order chi connectivity index (χ1) is 29.6. The van der Waals surface area contributed by atoms with Gasteiger partial charge in [0.2, 0.25) is 0 Å². The van der Waals surface area contributed by atoms with E-state index in [0.29, 0.717) is 28.3 Å². The molecule has 0 fully saturated rings. The molecule has 0 amide bonds. The molecule has 9 rings (SSSR count). The molecule has 0 atom stereocenters. The first kappa shape index (κ1) is 24.1. The van der Waals surface area contributed by atoms with Gasteiger partial charge < -0.3 is 4.42 Å². The van der Waals surface area contributed by atoms with Crippen molar-refractivity contribution in [1.29, 1.82) is 0 Å². The van der Waals surface area contributed by atoms with E-state index in [1.807, 2.05) is 140 Å². The summed E-state index contributed by atoms with van der Waals surface area (Å²) in [5, 5.41) is -0.334. The summed E-state index contributed by atoms with van der Waals surface area (Å²) >= 11 is 0. The molecule has 0 aliphatic heterocycles. The molecule has 0 saturated carbocycles. The molecule has 0 bridgehead atoms. The lowest BCUT2D eigenvalue weighted by molar-refractivity contribution is 0.613. The highest BCUT2D eigenvalue weighted by molar-refractivity contribution is 5.96. The van der Waals surface area contributed by atoms with Crippen molar-refractivity contribution >= 4 is 21.7 Å². The van der Waals surface area contributed by atoms with Crippen LogP contribution in [-0.4, -0.2) is 15.0 Å². The fraction of sp³-hybridized carbons (Fsp3) is 0. The van der Waals surface area contributed by atoms with Gasteiger partial charge in [-0.25, -0.2) is 15.0 Å². The molecule has 250 valence electrons. The van der Waals surface area contributed by atoms with Gasteiger partial charge in [-0.15, -0.1) is 0 Å². The summed E-state index contributed by atoms with van der Waals surface area (Å²) in [6, 6.07) is 42.2. The number of fused-ring (bicyclic) bond motifs is 2. The highest BCUT2D eigenvalue weighted by atomic mass is 16.3. The first-order valence-corrected chi connectivity index (χ1v) is 17.0. The van der Waals surface area contributed by atoms with Crippen molar-refractivity contribution in [1.82, 2.24) is 15.0 Å². The average Bonchev–Trinajstić information content (AvgIpc) is 3.35. The molecule has 0 N–H and O–H groups in total. The Morgan fingerprint density at radius 1 is 0.358 bits per heavy atom. The predicted octanol–water partition coefficient (Wildman–Crippen LogP) is 12.9. The maximum Gasteiger partial charge on any atom is 0.164 e. The Balaban J connectivity index is 1.36. The van der Waals surface area contributed by atoms with Gasteiger partial charge >= 0.3 is 0 Å². The zero-order valence-electron chi connectivity index (χ0n) is 36.2. The van der Waals surface area contributed by atoms with E-state index in [4.69, 9.17) is 27.6 Å². The monoisotopic (exact) mass is 687 g/mol. The minimum atomic E-state index is -0.558. The van der Waals surface area contributed by atoms with Crippen LogP contribution < -0.4 is 0 Å². The smallest absolute Gasteiger partial charge is 0.164 e. The van der Waals surface area contributed by atoms with Crippen molar-refractivity contribution in [2.24, 2.45) is 0 Å². The van der Waals surface area contributed by atoms with Gasteiger partial charge in [0.25, 0.3) is 0 Å². The lowest BCUT2D eigenvalue weighted by Crippen LogP contribution is -2.00. The number of benzene rings is 7. The molecule has 7 aromatic carbocycles. The molecular formula is C49H33N3O. The second-order valence-electron chi connectivity index (χ2n) is 12.2. The van der Waals surface area contributed by atoms with Crippen LogP contribution in [0.25, 0.3) is 89.3 Å². The summed E-state index contributed by atoms with van der Waals surface area (Å²) in [5.74, 6) is 0.643. The molecular weight excluding hydrogens is 647 g/mol. The summed E-state index contributed by atoms with van der Waals surface area (Å²) in [5.41, 5.74) is 6.04. The largest absolute Gasteiger partial charge is 0.463 e. The zero-order chi connectivity index (χ0) is 42.4. The van der Waals surface area contributed by atoms with E-state index in [2.05, 4.69) is 0 Å². The average molecular weight is 688 g/mol. The van der Waals surface area contributed by atoms with Gasteiger partial charge in [-0.1, -0.05) is 182 Å².